The van der Waals surface area contributed by atoms with E-state index in [0.29, 0.717) is 77.5 Å². The minimum Gasteiger partial charge on any atom is -0.350 e. The molecule has 5 N–H and O–H groups in total. The minimum atomic E-state index is -0.872. The molecule has 3 heterocycles. The van der Waals surface area contributed by atoms with Crippen molar-refractivity contribution in [2.75, 3.05) is 26.2 Å². The third-order valence-corrected chi connectivity index (χ3v) is 10.1. The standard InChI is InChI=1S/C36H55N7O6/c1-5-24(4)31(36(49)43-19-10-14-27(43)32(45)38-22-25-12-7-6-8-13-25)40-34(47)29-16-11-18-42(29)35(48)26(20-23(2)3)39-33(46)28-15-9-17-41(28)30(44)21-37/h6-8,12-13,23-24,26-29,31H,5,9-11,14-22,37H2,1-4H3,(H,38,45)(H,39,46)(H,40,47)/t24?,26?,27-,28-,29-,31?/m0/s1. The van der Waals surface area contributed by atoms with E-state index in [1.165, 1.54) is 9.80 Å². The Kier molecular flexibility index (Phi) is 13.6. The highest BCUT2D eigenvalue weighted by Crippen LogP contribution is 2.25. The number of nitrogens with zero attached hydrogens (tertiary/aromatic N) is 3. The molecule has 0 bridgehead atoms. The van der Waals surface area contributed by atoms with Gasteiger partial charge in [-0.05, 0) is 62.3 Å². The Balaban J connectivity index is 1.44. The van der Waals surface area contributed by atoms with Crippen molar-refractivity contribution in [3.63, 3.8) is 0 Å². The molecule has 49 heavy (non-hydrogen) atoms. The van der Waals surface area contributed by atoms with Crippen LogP contribution in [0, 0.1) is 11.8 Å². The molecule has 3 saturated heterocycles. The van der Waals surface area contributed by atoms with Crippen molar-refractivity contribution in [1.29, 1.82) is 0 Å². The molecule has 1 aromatic rings. The van der Waals surface area contributed by atoms with Gasteiger partial charge in [-0.3, -0.25) is 28.8 Å². The zero-order valence-electron chi connectivity index (χ0n) is 29.5. The molecule has 4 rings (SSSR count). The van der Waals surface area contributed by atoms with Crippen LogP contribution in [0.25, 0.3) is 0 Å². The number of likely N-dealkylation sites (tertiary alicyclic amines) is 3. The van der Waals surface area contributed by atoms with Gasteiger partial charge in [-0.2, -0.15) is 0 Å². The summed E-state index contributed by atoms with van der Waals surface area (Å²) < 4.78 is 0. The summed E-state index contributed by atoms with van der Waals surface area (Å²) in [6.45, 7) is 9.13. The van der Waals surface area contributed by atoms with Gasteiger partial charge in [0.2, 0.25) is 35.4 Å². The molecule has 13 heteroatoms. The van der Waals surface area contributed by atoms with Gasteiger partial charge in [-0.15, -0.1) is 0 Å². The van der Waals surface area contributed by atoms with Crippen molar-refractivity contribution >= 4 is 35.4 Å². The van der Waals surface area contributed by atoms with Crippen LogP contribution in [0.4, 0.5) is 0 Å². The lowest BCUT2D eigenvalue weighted by Crippen LogP contribution is -2.60. The van der Waals surface area contributed by atoms with Gasteiger partial charge in [0, 0.05) is 26.2 Å². The summed E-state index contributed by atoms with van der Waals surface area (Å²) in [5.74, 6) is -2.13. The van der Waals surface area contributed by atoms with Crippen molar-refractivity contribution in [1.82, 2.24) is 30.7 Å². The first-order chi connectivity index (χ1) is 23.5. The average molecular weight is 682 g/mol. The Morgan fingerprint density at radius 2 is 1.29 bits per heavy atom. The van der Waals surface area contributed by atoms with E-state index in [1.54, 1.807) is 4.90 Å². The molecule has 3 aliphatic rings. The highest BCUT2D eigenvalue weighted by molar-refractivity contribution is 5.97. The molecule has 6 amide bonds. The largest absolute Gasteiger partial charge is 0.350 e. The number of hydrogen-bond acceptors (Lipinski definition) is 7. The second-order valence-electron chi connectivity index (χ2n) is 14.1. The van der Waals surface area contributed by atoms with Crippen LogP contribution >= 0.6 is 0 Å². The van der Waals surface area contributed by atoms with Gasteiger partial charge in [-0.1, -0.05) is 64.4 Å². The molecular weight excluding hydrogens is 626 g/mol. The lowest BCUT2D eigenvalue weighted by Gasteiger charge is -2.34. The third kappa shape index (κ3) is 9.37. The van der Waals surface area contributed by atoms with Crippen molar-refractivity contribution in [3.8, 4) is 0 Å². The molecule has 3 fully saturated rings. The number of carbonyl (C=O) groups excluding carboxylic acids is 6. The highest BCUT2D eigenvalue weighted by atomic mass is 16.2. The van der Waals surface area contributed by atoms with Gasteiger partial charge in [0.25, 0.3) is 0 Å². The summed E-state index contributed by atoms with van der Waals surface area (Å²) in [5, 5.41) is 8.84. The predicted octanol–water partition coefficient (Wildman–Crippen LogP) is 1.30. The zero-order chi connectivity index (χ0) is 35.7. The molecule has 0 saturated carbocycles. The molecule has 270 valence electrons. The first kappa shape index (κ1) is 37.8. The summed E-state index contributed by atoms with van der Waals surface area (Å²) >= 11 is 0. The monoisotopic (exact) mass is 681 g/mol. The summed E-state index contributed by atoms with van der Waals surface area (Å²) in [5.41, 5.74) is 6.52. The van der Waals surface area contributed by atoms with Crippen LogP contribution < -0.4 is 21.7 Å². The van der Waals surface area contributed by atoms with Gasteiger partial charge < -0.3 is 36.4 Å². The second kappa shape index (κ2) is 17.6. The molecule has 0 spiro atoms. The molecule has 3 aliphatic heterocycles. The van der Waals surface area contributed by atoms with E-state index in [1.807, 2.05) is 58.0 Å². The van der Waals surface area contributed by atoms with E-state index in [4.69, 9.17) is 5.73 Å². The van der Waals surface area contributed by atoms with E-state index >= 15 is 0 Å². The van der Waals surface area contributed by atoms with Crippen LogP contribution in [-0.2, 0) is 35.3 Å². The number of rotatable bonds is 14. The first-order valence-electron chi connectivity index (χ1n) is 18.0. The molecular formula is C36H55N7O6. The third-order valence-electron chi connectivity index (χ3n) is 10.1. The Morgan fingerprint density at radius 3 is 1.86 bits per heavy atom. The van der Waals surface area contributed by atoms with E-state index in [0.717, 1.165) is 5.56 Å². The number of hydrogen-bond donors (Lipinski definition) is 4. The predicted molar refractivity (Wildman–Crippen MR) is 184 cm³/mol. The molecule has 0 radical (unpaired) electrons. The highest BCUT2D eigenvalue weighted by Gasteiger charge is 2.43. The van der Waals surface area contributed by atoms with E-state index in [9.17, 15) is 28.8 Å². The SMILES string of the molecule is CCC(C)C(NC(=O)[C@@H]1CCCN1C(=O)C(CC(C)C)NC(=O)[C@@H]1CCCN1C(=O)CN)C(=O)N1CCC[C@H]1C(=O)NCc1ccccc1. The van der Waals surface area contributed by atoms with Crippen LogP contribution in [0.15, 0.2) is 30.3 Å². The fourth-order valence-electron chi connectivity index (χ4n) is 7.24. The summed E-state index contributed by atoms with van der Waals surface area (Å²) in [4.78, 5) is 85.5. The van der Waals surface area contributed by atoms with Crippen LogP contribution in [0.1, 0.15) is 84.6 Å². The van der Waals surface area contributed by atoms with Crippen LogP contribution in [0.5, 0.6) is 0 Å². The number of amides is 6. The van der Waals surface area contributed by atoms with E-state index in [-0.39, 0.29) is 42.0 Å². The fraction of sp³-hybridized carbons (Fsp3) is 0.667. The smallest absolute Gasteiger partial charge is 0.246 e. The van der Waals surface area contributed by atoms with E-state index in [2.05, 4.69) is 16.0 Å². The van der Waals surface area contributed by atoms with Crippen LogP contribution in [0.3, 0.4) is 0 Å². The van der Waals surface area contributed by atoms with Crippen molar-refractivity contribution < 1.29 is 28.8 Å². The number of nitrogens with two attached hydrogens (primary N) is 1. The van der Waals surface area contributed by atoms with Gasteiger partial charge in [0.1, 0.15) is 30.2 Å². The quantitative estimate of drug-likeness (QED) is 0.229. The van der Waals surface area contributed by atoms with Crippen LogP contribution in [-0.4, -0.2) is 107 Å². The van der Waals surface area contributed by atoms with Crippen molar-refractivity contribution in [3.05, 3.63) is 35.9 Å². The average Bonchev–Trinajstić information content (AvgIpc) is 3.89. The fourth-order valence-corrected chi connectivity index (χ4v) is 7.24. The first-order valence-corrected chi connectivity index (χ1v) is 18.0. The maximum Gasteiger partial charge on any atom is 0.246 e. The van der Waals surface area contributed by atoms with Gasteiger partial charge >= 0.3 is 0 Å². The Labute approximate surface area is 290 Å². The Hall–Kier alpha value is -4.00. The van der Waals surface area contributed by atoms with Gasteiger partial charge in [-0.25, -0.2) is 0 Å². The maximum absolute atomic E-state index is 14.0. The molecule has 6 atom stereocenters. The molecule has 3 unspecified atom stereocenters. The maximum atomic E-state index is 14.0. The summed E-state index contributed by atoms with van der Waals surface area (Å²) in [6.07, 6.45) is 4.41. The lowest BCUT2D eigenvalue weighted by atomic mass is 9.96. The number of carbonyl (C=O) groups is 6. The summed E-state index contributed by atoms with van der Waals surface area (Å²) in [7, 11) is 0. The Bertz CT molecular complexity index is 1340. The second-order valence-corrected chi connectivity index (χ2v) is 14.1. The van der Waals surface area contributed by atoms with Crippen LogP contribution in [0.2, 0.25) is 0 Å². The molecule has 1 aromatic carbocycles. The number of benzene rings is 1. The van der Waals surface area contributed by atoms with Crippen molar-refractivity contribution in [2.24, 2.45) is 17.6 Å². The number of nitrogens with one attached hydrogen (secondary N) is 3. The summed E-state index contributed by atoms with van der Waals surface area (Å²) in [6, 6.07) is 5.73. The lowest BCUT2D eigenvalue weighted by molar-refractivity contribution is -0.145. The van der Waals surface area contributed by atoms with Gasteiger partial charge in [0.15, 0.2) is 0 Å². The molecule has 0 aliphatic carbocycles. The molecule has 13 nitrogen and oxygen atoms in total. The normalized spacial score (nSPS) is 22.5. The minimum absolute atomic E-state index is 0.0696. The zero-order valence-corrected chi connectivity index (χ0v) is 29.5. The van der Waals surface area contributed by atoms with Crippen molar-refractivity contribution in [2.45, 2.75) is 116 Å². The molecule has 0 aromatic heterocycles. The van der Waals surface area contributed by atoms with E-state index < -0.39 is 42.0 Å². The topological polar surface area (TPSA) is 174 Å². The van der Waals surface area contributed by atoms with Gasteiger partial charge in [0.05, 0.1) is 6.54 Å². The Morgan fingerprint density at radius 1 is 0.755 bits per heavy atom.